The summed E-state index contributed by atoms with van der Waals surface area (Å²) in [7, 11) is 0. The Morgan fingerprint density at radius 1 is 1.07 bits per heavy atom. The highest BCUT2D eigenvalue weighted by molar-refractivity contribution is 9.13. The van der Waals surface area contributed by atoms with E-state index in [9.17, 15) is 0 Å². The first-order chi connectivity index (χ1) is 7.18. The minimum absolute atomic E-state index is 0.270. The Kier molecular flexibility index (Phi) is 4.04. The molecule has 1 aromatic carbocycles. The molecule has 0 saturated heterocycles. The quantitative estimate of drug-likeness (QED) is 0.552. The summed E-state index contributed by atoms with van der Waals surface area (Å²) in [6.07, 6.45) is 0. The van der Waals surface area contributed by atoms with Crippen molar-refractivity contribution in [2.24, 2.45) is 0 Å². The molecule has 15 heavy (non-hydrogen) atoms. The highest BCUT2D eigenvalue weighted by atomic mass is 79.9. The van der Waals surface area contributed by atoms with E-state index in [2.05, 4.69) is 78.1 Å². The summed E-state index contributed by atoms with van der Waals surface area (Å²) >= 11 is 12.5. The van der Waals surface area contributed by atoms with E-state index in [-0.39, 0.29) is 4.83 Å². The Morgan fingerprint density at radius 2 is 1.73 bits per heavy atom. The molecule has 0 bridgehead atoms. The number of alkyl halides is 1. The molecule has 0 radical (unpaired) electrons. The van der Waals surface area contributed by atoms with Gasteiger partial charge in [0.2, 0.25) is 0 Å². The van der Waals surface area contributed by atoms with Gasteiger partial charge in [-0.3, -0.25) is 0 Å². The predicted octanol–water partition coefficient (Wildman–Crippen LogP) is 5.76. The maximum absolute atomic E-state index is 3.71. The van der Waals surface area contributed by atoms with Gasteiger partial charge in [0.25, 0.3) is 0 Å². The molecule has 4 heteroatoms. The van der Waals surface area contributed by atoms with Gasteiger partial charge < -0.3 is 0 Å². The maximum atomic E-state index is 3.71. The molecule has 0 fully saturated rings. The lowest BCUT2D eigenvalue weighted by Gasteiger charge is -2.06. The maximum Gasteiger partial charge on any atom is 0.0843 e. The lowest BCUT2D eigenvalue weighted by Crippen LogP contribution is -1.87. The number of hydrogen-bond donors (Lipinski definition) is 0. The smallest absolute Gasteiger partial charge is 0.0843 e. The molecular formula is C11H7Br3S. The molecule has 78 valence electrons. The van der Waals surface area contributed by atoms with Crippen LogP contribution in [0.15, 0.2) is 44.7 Å². The number of benzene rings is 1. The molecule has 2 aromatic rings. The van der Waals surface area contributed by atoms with Crippen LogP contribution >= 0.6 is 59.1 Å². The van der Waals surface area contributed by atoms with Crippen LogP contribution in [0.2, 0.25) is 0 Å². The first kappa shape index (κ1) is 11.8. The summed E-state index contributed by atoms with van der Waals surface area (Å²) in [5.74, 6) is 0. The molecule has 0 amide bonds. The molecule has 0 nitrogen and oxygen atoms in total. The average molecular weight is 411 g/mol. The second-order valence-corrected chi connectivity index (χ2v) is 7.22. The van der Waals surface area contributed by atoms with Crippen molar-refractivity contribution in [2.45, 2.75) is 4.83 Å². The van der Waals surface area contributed by atoms with Crippen molar-refractivity contribution in [2.75, 3.05) is 0 Å². The molecular weight excluding hydrogens is 404 g/mol. The van der Waals surface area contributed by atoms with Crippen LogP contribution in [0.5, 0.6) is 0 Å². The fourth-order valence-electron chi connectivity index (χ4n) is 1.27. The standard InChI is InChI=1S/C11H7Br3S/c12-8-6-9(15-11(8)14)10(13)7-4-2-1-3-5-7/h1-6,10H. The van der Waals surface area contributed by atoms with E-state index in [0.717, 1.165) is 8.26 Å². The van der Waals surface area contributed by atoms with Gasteiger partial charge in [-0.1, -0.05) is 46.3 Å². The zero-order valence-corrected chi connectivity index (χ0v) is 13.2. The normalized spacial score (nSPS) is 12.7. The van der Waals surface area contributed by atoms with Gasteiger partial charge in [0.1, 0.15) is 0 Å². The van der Waals surface area contributed by atoms with E-state index in [1.165, 1.54) is 10.4 Å². The van der Waals surface area contributed by atoms with E-state index < -0.39 is 0 Å². The van der Waals surface area contributed by atoms with Crippen LogP contribution in [0.1, 0.15) is 15.3 Å². The Labute approximate surface area is 118 Å². The van der Waals surface area contributed by atoms with Crippen molar-refractivity contribution < 1.29 is 0 Å². The van der Waals surface area contributed by atoms with Gasteiger partial charge in [-0.05, 0) is 43.5 Å². The van der Waals surface area contributed by atoms with Crippen molar-refractivity contribution >= 4 is 59.1 Å². The largest absolute Gasteiger partial charge is 0.131 e. The van der Waals surface area contributed by atoms with Gasteiger partial charge in [-0.25, -0.2) is 0 Å². The summed E-state index contributed by atoms with van der Waals surface area (Å²) in [6, 6.07) is 12.5. The van der Waals surface area contributed by atoms with Crippen LogP contribution < -0.4 is 0 Å². The first-order valence-electron chi connectivity index (χ1n) is 4.32. The average Bonchev–Trinajstić information content (AvgIpc) is 2.59. The second kappa shape index (κ2) is 5.13. The van der Waals surface area contributed by atoms with Crippen molar-refractivity contribution in [1.82, 2.24) is 0 Å². The molecule has 1 heterocycles. The summed E-state index contributed by atoms with van der Waals surface area (Å²) in [5.41, 5.74) is 1.28. The molecule has 0 aliphatic heterocycles. The Bertz CT molecular complexity index is 431. The molecule has 0 aliphatic rings. The molecule has 0 aliphatic carbocycles. The van der Waals surface area contributed by atoms with E-state index in [4.69, 9.17) is 0 Å². The predicted molar refractivity (Wildman–Crippen MR) is 76.9 cm³/mol. The van der Waals surface area contributed by atoms with Gasteiger partial charge in [-0.15, -0.1) is 11.3 Å². The molecule has 1 aromatic heterocycles. The molecule has 1 unspecified atom stereocenters. The molecule has 1 atom stereocenters. The van der Waals surface area contributed by atoms with Crippen molar-refractivity contribution in [1.29, 1.82) is 0 Å². The van der Waals surface area contributed by atoms with Gasteiger partial charge in [0.15, 0.2) is 0 Å². The number of hydrogen-bond acceptors (Lipinski definition) is 1. The van der Waals surface area contributed by atoms with Crippen molar-refractivity contribution in [3.63, 3.8) is 0 Å². The molecule has 0 spiro atoms. The zero-order chi connectivity index (χ0) is 10.8. The summed E-state index contributed by atoms with van der Waals surface area (Å²) in [5, 5.41) is 0. The summed E-state index contributed by atoms with van der Waals surface area (Å²) in [6.45, 7) is 0. The third-order valence-electron chi connectivity index (χ3n) is 2.01. The molecule has 0 saturated carbocycles. The SMILES string of the molecule is Brc1cc(C(Br)c2ccccc2)sc1Br. The van der Waals surface area contributed by atoms with E-state index in [1.54, 1.807) is 11.3 Å². The monoisotopic (exact) mass is 408 g/mol. The summed E-state index contributed by atoms with van der Waals surface area (Å²) in [4.78, 5) is 1.56. The lowest BCUT2D eigenvalue weighted by atomic mass is 10.1. The number of halogens is 3. The number of thiophene rings is 1. The zero-order valence-electron chi connectivity index (χ0n) is 7.58. The lowest BCUT2D eigenvalue weighted by molar-refractivity contribution is 1.22. The van der Waals surface area contributed by atoms with Crippen LogP contribution in [-0.2, 0) is 0 Å². The van der Waals surface area contributed by atoms with Crippen LogP contribution in [0, 0.1) is 0 Å². The van der Waals surface area contributed by atoms with Crippen molar-refractivity contribution in [3.05, 3.63) is 55.1 Å². The van der Waals surface area contributed by atoms with Gasteiger partial charge >= 0.3 is 0 Å². The minimum atomic E-state index is 0.270. The van der Waals surface area contributed by atoms with E-state index >= 15 is 0 Å². The third kappa shape index (κ3) is 2.73. The van der Waals surface area contributed by atoms with Gasteiger partial charge in [-0.2, -0.15) is 0 Å². The fraction of sp³-hybridized carbons (Fsp3) is 0.0909. The van der Waals surface area contributed by atoms with E-state index in [1.807, 2.05) is 6.07 Å². The fourth-order valence-corrected chi connectivity index (χ4v) is 4.09. The second-order valence-electron chi connectivity index (χ2n) is 3.04. The van der Waals surface area contributed by atoms with Gasteiger partial charge in [0.05, 0.1) is 8.61 Å². The van der Waals surface area contributed by atoms with Crippen LogP contribution in [-0.4, -0.2) is 0 Å². The van der Waals surface area contributed by atoms with Crippen LogP contribution in [0.4, 0.5) is 0 Å². The minimum Gasteiger partial charge on any atom is -0.131 e. The Hall–Kier alpha value is 0.360. The van der Waals surface area contributed by atoms with E-state index in [0.29, 0.717) is 0 Å². The Morgan fingerprint density at radius 3 is 2.27 bits per heavy atom. The highest BCUT2D eigenvalue weighted by Crippen LogP contribution is 2.41. The third-order valence-corrected chi connectivity index (χ3v) is 6.65. The van der Waals surface area contributed by atoms with Crippen molar-refractivity contribution in [3.8, 4) is 0 Å². The Balaban J connectivity index is 2.32. The van der Waals surface area contributed by atoms with Crippen LogP contribution in [0.3, 0.4) is 0 Å². The topological polar surface area (TPSA) is 0 Å². The first-order valence-corrected chi connectivity index (χ1v) is 7.64. The highest BCUT2D eigenvalue weighted by Gasteiger charge is 2.14. The number of rotatable bonds is 2. The summed E-state index contributed by atoms with van der Waals surface area (Å²) < 4.78 is 2.25. The van der Waals surface area contributed by atoms with Crippen LogP contribution in [0.25, 0.3) is 0 Å². The molecule has 2 rings (SSSR count). The molecule has 0 N–H and O–H groups in total. The van der Waals surface area contributed by atoms with Gasteiger partial charge in [0, 0.05) is 9.35 Å².